The topological polar surface area (TPSA) is 172 Å². The van der Waals surface area contributed by atoms with Crippen LogP contribution >= 0.6 is 7.82 Å². The van der Waals surface area contributed by atoms with Gasteiger partial charge in [0.15, 0.2) is 6.10 Å². The maximum atomic E-state index is 12.5. The normalized spacial score (nSPS) is 14.5. The quantitative estimate of drug-likeness (QED) is 0.0250. The number of carboxylic acids is 1. The van der Waals surface area contributed by atoms with Gasteiger partial charge in [0, 0.05) is 12.8 Å². The van der Waals surface area contributed by atoms with Crippen LogP contribution in [0.15, 0.2) is 48.6 Å². The van der Waals surface area contributed by atoms with E-state index in [4.69, 9.17) is 24.8 Å². The second kappa shape index (κ2) is 33.6. The second-order valence-corrected chi connectivity index (χ2v) is 13.8. The zero-order valence-corrected chi connectivity index (χ0v) is 31.6. The van der Waals surface area contributed by atoms with E-state index in [1.54, 1.807) is 0 Å². The lowest BCUT2D eigenvalue weighted by Gasteiger charge is -2.20. The minimum atomic E-state index is -4.72. The van der Waals surface area contributed by atoms with Gasteiger partial charge in [-0.15, -0.1) is 0 Å². The summed E-state index contributed by atoms with van der Waals surface area (Å²) in [5.41, 5.74) is 5.30. The fourth-order valence-corrected chi connectivity index (χ4v) is 5.36. The Labute approximate surface area is 301 Å². The molecule has 50 heavy (non-hydrogen) atoms. The van der Waals surface area contributed by atoms with Crippen molar-refractivity contribution in [2.45, 2.75) is 154 Å². The number of carbonyl (C=O) groups is 3. The number of hydrogen-bond donors (Lipinski definition) is 3. The van der Waals surface area contributed by atoms with E-state index in [2.05, 4.69) is 54.8 Å². The maximum Gasteiger partial charge on any atom is 0.472 e. The molecule has 12 heteroatoms. The number of unbranched alkanes of at least 4 members (excludes halogenated alkanes) is 12. The molecule has 0 aromatic carbocycles. The van der Waals surface area contributed by atoms with Gasteiger partial charge in [-0.25, -0.2) is 4.57 Å². The average Bonchev–Trinajstić information content (AvgIpc) is 3.09. The van der Waals surface area contributed by atoms with Crippen LogP contribution in [0.25, 0.3) is 0 Å². The Morgan fingerprint density at radius 3 is 1.64 bits per heavy atom. The highest BCUT2D eigenvalue weighted by molar-refractivity contribution is 7.47. The number of carboxylic acid groups (broad SMARTS) is 1. The Morgan fingerprint density at radius 1 is 0.620 bits per heavy atom. The van der Waals surface area contributed by atoms with Crippen LogP contribution in [0.4, 0.5) is 0 Å². The number of phosphoric ester groups is 1. The molecule has 0 aliphatic heterocycles. The molecule has 288 valence electrons. The number of hydrogen-bond acceptors (Lipinski definition) is 9. The molecule has 0 aromatic rings. The fraction of sp³-hybridized carbons (Fsp3) is 0.711. The van der Waals surface area contributed by atoms with Gasteiger partial charge in [-0.05, 0) is 51.4 Å². The van der Waals surface area contributed by atoms with Crippen molar-refractivity contribution >= 4 is 25.7 Å². The van der Waals surface area contributed by atoms with Gasteiger partial charge in [-0.2, -0.15) is 0 Å². The van der Waals surface area contributed by atoms with E-state index in [1.165, 1.54) is 51.4 Å². The largest absolute Gasteiger partial charge is 0.480 e. The SMILES string of the molecule is CCCCC/C=C\C/C=C\C/C=C\C/C=C\CCCC(=O)OC[C@H](COP(=O)(O)OC[C@H](N)C(=O)O)OC(=O)CCCCCCCCCCC. The van der Waals surface area contributed by atoms with E-state index >= 15 is 0 Å². The molecule has 3 atom stereocenters. The van der Waals surface area contributed by atoms with Crippen molar-refractivity contribution in [2.75, 3.05) is 19.8 Å². The minimum absolute atomic E-state index is 0.146. The summed E-state index contributed by atoms with van der Waals surface area (Å²) < 4.78 is 32.4. The van der Waals surface area contributed by atoms with Gasteiger partial charge in [0.1, 0.15) is 12.6 Å². The zero-order valence-electron chi connectivity index (χ0n) is 30.7. The molecule has 0 heterocycles. The average molecular weight is 728 g/mol. The molecule has 0 aliphatic carbocycles. The Hall–Kier alpha value is -2.56. The highest BCUT2D eigenvalue weighted by Gasteiger charge is 2.28. The molecule has 0 bridgehead atoms. The first-order chi connectivity index (χ1) is 24.1. The molecule has 0 radical (unpaired) electrons. The van der Waals surface area contributed by atoms with Crippen molar-refractivity contribution in [3.05, 3.63) is 48.6 Å². The Balaban J connectivity index is 4.51. The van der Waals surface area contributed by atoms with Crippen LogP contribution < -0.4 is 5.73 Å². The van der Waals surface area contributed by atoms with Crippen LogP contribution in [0.1, 0.15) is 142 Å². The lowest BCUT2D eigenvalue weighted by molar-refractivity contribution is -0.161. The summed E-state index contributed by atoms with van der Waals surface area (Å²) >= 11 is 0. The molecule has 11 nitrogen and oxygen atoms in total. The van der Waals surface area contributed by atoms with Gasteiger partial charge in [-0.3, -0.25) is 23.4 Å². The number of phosphoric acid groups is 1. The number of nitrogens with two attached hydrogens (primary N) is 1. The first-order valence-electron chi connectivity index (χ1n) is 18.7. The third-order valence-corrected chi connectivity index (χ3v) is 8.53. The van der Waals surface area contributed by atoms with Crippen molar-refractivity contribution in [2.24, 2.45) is 5.73 Å². The van der Waals surface area contributed by atoms with Gasteiger partial charge in [0.05, 0.1) is 13.2 Å². The van der Waals surface area contributed by atoms with E-state index in [0.29, 0.717) is 19.3 Å². The molecule has 0 fully saturated rings. The lowest BCUT2D eigenvalue weighted by Crippen LogP contribution is -2.34. The summed E-state index contributed by atoms with van der Waals surface area (Å²) in [6.45, 7) is 2.66. The highest BCUT2D eigenvalue weighted by Crippen LogP contribution is 2.43. The molecular formula is C38H66NO10P. The van der Waals surface area contributed by atoms with Crippen molar-refractivity contribution in [3.8, 4) is 0 Å². The fourth-order valence-electron chi connectivity index (χ4n) is 4.58. The number of allylic oxidation sites excluding steroid dienone is 8. The van der Waals surface area contributed by atoms with E-state index in [1.807, 2.05) is 12.2 Å². The molecule has 0 rings (SSSR count). The summed E-state index contributed by atoms with van der Waals surface area (Å²) in [7, 11) is -4.72. The van der Waals surface area contributed by atoms with Crippen molar-refractivity contribution in [1.82, 2.24) is 0 Å². The Bertz CT molecular complexity index is 1040. The number of ether oxygens (including phenoxy) is 2. The predicted octanol–water partition coefficient (Wildman–Crippen LogP) is 9.05. The zero-order chi connectivity index (χ0) is 37.1. The highest BCUT2D eigenvalue weighted by atomic mass is 31.2. The third-order valence-electron chi connectivity index (χ3n) is 7.58. The van der Waals surface area contributed by atoms with E-state index in [0.717, 1.165) is 44.9 Å². The van der Waals surface area contributed by atoms with Crippen molar-refractivity contribution < 1.29 is 47.5 Å². The standard InChI is InChI=1S/C38H66NO10P/c1-3-5-7-9-11-13-14-15-16-17-18-19-20-22-23-25-27-29-36(40)46-31-34(32-47-50(44,45)48-33-35(39)38(42)43)49-37(41)30-28-26-24-21-12-10-8-6-4-2/h11,13,15-16,18-19,22-23,34-35H,3-10,12,14,17,20-21,24-33,39H2,1-2H3,(H,42,43)(H,44,45)/b13-11-,16-15-,19-18-,23-22-/t34-,35+/m1/s1. The smallest absolute Gasteiger partial charge is 0.472 e. The molecule has 0 aliphatic rings. The number of rotatable bonds is 34. The lowest BCUT2D eigenvalue weighted by atomic mass is 10.1. The Kier molecular flexibility index (Phi) is 31.9. The summed E-state index contributed by atoms with van der Waals surface area (Å²) in [4.78, 5) is 45.6. The number of aliphatic carboxylic acids is 1. The van der Waals surface area contributed by atoms with E-state index in [9.17, 15) is 23.8 Å². The van der Waals surface area contributed by atoms with Crippen molar-refractivity contribution in [3.63, 3.8) is 0 Å². The number of esters is 2. The first kappa shape index (κ1) is 47.4. The van der Waals surface area contributed by atoms with Gasteiger partial charge in [0.25, 0.3) is 0 Å². The van der Waals surface area contributed by atoms with Gasteiger partial charge < -0.3 is 25.2 Å². The summed E-state index contributed by atoms with van der Waals surface area (Å²) in [6.07, 6.45) is 34.9. The molecule has 0 amide bonds. The summed E-state index contributed by atoms with van der Waals surface area (Å²) in [5, 5.41) is 8.84. The van der Waals surface area contributed by atoms with Crippen LogP contribution in [-0.4, -0.2) is 59.9 Å². The third kappa shape index (κ3) is 32.6. The Morgan fingerprint density at radius 2 is 1.08 bits per heavy atom. The molecular weight excluding hydrogens is 661 g/mol. The predicted molar refractivity (Wildman–Crippen MR) is 198 cm³/mol. The maximum absolute atomic E-state index is 12.5. The molecule has 0 saturated carbocycles. The molecule has 0 aromatic heterocycles. The summed E-state index contributed by atoms with van der Waals surface area (Å²) in [6, 6.07) is -1.53. The second-order valence-electron chi connectivity index (χ2n) is 12.4. The molecule has 0 spiro atoms. The van der Waals surface area contributed by atoms with E-state index < -0.39 is 51.1 Å². The molecule has 0 saturated heterocycles. The number of carbonyl (C=O) groups excluding carboxylic acids is 2. The van der Waals surface area contributed by atoms with Gasteiger partial charge in [-0.1, -0.05) is 127 Å². The van der Waals surface area contributed by atoms with Gasteiger partial charge in [0.2, 0.25) is 0 Å². The van der Waals surface area contributed by atoms with Crippen LogP contribution in [-0.2, 0) is 37.5 Å². The van der Waals surface area contributed by atoms with Crippen LogP contribution in [0, 0.1) is 0 Å². The van der Waals surface area contributed by atoms with Gasteiger partial charge >= 0.3 is 25.7 Å². The minimum Gasteiger partial charge on any atom is -0.480 e. The monoisotopic (exact) mass is 727 g/mol. The van der Waals surface area contributed by atoms with Crippen LogP contribution in [0.2, 0.25) is 0 Å². The van der Waals surface area contributed by atoms with Crippen LogP contribution in [0.5, 0.6) is 0 Å². The molecule has 1 unspecified atom stereocenters. The van der Waals surface area contributed by atoms with E-state index in [-0.39, 0.29) is 19.4 Å². The van der Waals surface area contributed by atoms with Crippen LogP contribution in [0.3, 0.4) is 0 Å². The first-order valence-corrected chi connectivity index (χ1v) is 20.2. The summed E-state index contributed by atoms with van der Waals surface area (Å²) in [5.74, 6) is -2.46. The molecule has 4 N–H and O–H groups in total. The van der Waals surface area contributed by atoms with Crippen molar-refractivity contribution in [1.29, 1.82) is 0 Å².